The number of nitro benzene ring substituents is 1. The molecule has 1 amide bonds. The van der Waals surface area contributed by atoms with E-state index in [9.17, 15) is 19.7 Å². The molecule has 32 heavy (non-hydrogen) atoms. The van der Waals surface area contributed by atoms with E-state index in [1.807, 2.05) is 31.2 Å². The molecular formula is C23H24N4O5. The summed E-state index contributed by atoms with van der Waals surface area (Å²) in [5, 5.41) is 18.0. The quantitative estimate of drug-likeness (QED) is 0.401. The average molecular weight is 436 g/mol. The number of ether oxygens (including phenoxy) is 1. The number of hydrogen-bond acceptors (Lipinski definition) is 6. The number of anilines is 1. The van der Waals surface area contributed by atoms with Crippen LogP contribution >= 0.6 is 0 Å². The monoisotopic (exact) mass is 436 g/mol. The Morgan fingerprint density at radius 3 is 2.56 bits per heavy atom. The van der Waals surface area contributed by atoms with E-state index in [0.717, 1.165) is 11.3 Å². The largest absolute Gasteiger partial charge is 0.494 e. The Bertz CT molecular complexity index is 1170. The van der Waals surface area contributed by atoms with Crippen LogP contribution in [0.4, 0.5) is 11.4 Å². The molecule has 1 aromatic heterocycles. The minimum absolute atomic E-state index is 0.0293. The van der Waals surface area contributed by atoms with Gasteiger partial charge in [0.05, 0.1) is 17.2 Å². The smallest absolute Gasteiger partial charge is 0.269 e. The highest BCUT2D eigenvalue weighted by Crippen LogP contribution is 2.22. The predicted octanol–water partition coefficient (Wildman–Crippen LogP) is 3.94. The maximum atomic E-state index is 12.3. The van der Waals surface area contributed by atoms with Gasteiger partial charge < -0.3 is 10.1 Å². The zero-order valence-electron chi connectivity index (χ0n) is 17.9. The Labute approximate surface area is 184 Å². The molecule has 3 aromatic rings. The van der Waals surface area contributed by atoms with E-state index in [-0.39, 0.29) is 30.1 Å². The van der Waals surface area contributed by atoms with Crippen molar-refractivity contribution < 1.29 is 14.5 Å². The van der Waals surface area contributed by atoms with E-state index in [1.54, 1.807) is 13.0 Å². The fourth-order valence-electron chi connectivity index (χ4n) is 3.16. The van der Waals surface area contributed by atoms with E-state index in [1.165, 1.54) is 28.9 Å². The second-order valence-corrected chi connectivity index (χ2v) is 7.15. The predicted molar refractivity (Wildman–Crippen MR) is 121 cm³/mol. The van der Waals surface area contributed by atoms with Crippen LogP contribution in [0.3, 0.4) is 0 Å². The van der Waals surface area contributed by atoms with Crippen molar-refractivity contribution in [3.05, 3.63) is 80.6 Å². The van der Waals surface area contributed by atoms with Crippen LogP contribution in [0.2, 0.25) is 0 Å². The van der Waals surface area contributed by atoms with Gasteiger partial charge in [0.1, 0.15) is 5.75 Å². The third kappa shape index (κ3) is 5.78. The number of aryl methyl sites for hydroxylation is 2. The summed E-state index contributed by atoms with van der Waals surface area (Å²) in [6, 6.07) is 14.8. The minimum Gasteiger partial charge on any atom is -0.494 e. The van der Waals surface area contributed by atoms with Crippen molar-refractivity contribution in [1.82, 2.24) is 9.78 Å². The highest BCUT2D eigenvalue weighted by molar-refractivity contribution is 5.91. The number of hydrogen-bond donors (Lipinski definition) is 1. The highest BCUT2D eigenvalue weighted by atomic mass is 16.6. The second kappa shape index (κ2) is 10.3. The zero-order valence-corrected chi connectivity index (χ0v) is 17.9. The third-order valence-electron chi connectivity index (χ3n) is 4.80. The first kappa shape index (κ1) is 22.7. The van der Waals surface area contributed by atoms with E-state index in [2.05, 4.69) is 10.4 Å². The Kier molecular flexibility index (Phi) is 7.33. The highest BCUT2D eigenvalue weighted by Gasteiger charge is 2.11. The molecule has 0 radical (unpaired) electrons. The van der Waals surface area contributed by atoms with Crippen molar-refractivity contribution in [1.29, 1.82) is 0 Å². The Hall–Kier alpha value is -4.01. The number of benzene rings is 2. The normalized spacial score (nSPS) is 10.6. The lowest BCUT2D eigenvalue weighted by molar-refractivity contribution is -0.384. The number of non-ortho nitro benzene ring substituents is 1. The number of nitro groups is 1. The van der Waals surface area contributed by atoms with Gasteiger partial charge in [-0.2, -0.15) is 5.10 Å². The molecule has 0 saturated carbocycles. The fourth-order valence-corrected chi connectivity index (χ4v) is 3.16. The molecule has 0 aliphatic heterocycles. The molecule has 2 aromatic carbocycles. The summed E-state index contributed by atoms with van der Waals surface area (Å²) in [5.74, 6) is 0.525. The summed E-state index contributed by atoms with van der Waals surface area (Å²) in [4.78, 5) is 34.8. The lowest BCUT2D eigenvalue weighted by atomic mass is 10.1. The van der Waals surface area contributed by atoms with Crippen molar-refractivity contribution in [2.45, 2.75) is 33.2 Å². The summed E-state index contributed by atoms with van der Waals surface area (Å²) in [5.41, 5.74) is 2.36. The lowest BCUT2D eigenvalue weighted by Gasteiger charge is -2.10. The molecule has 0 atom stereocenters. The van der Waals surface area contributed by atoms with E-state index in [0.29, 0.717) is 30.0 Å². The molecule has 0 aliphatic rings. The zero-order chi connectivity index (χ0) is 23.1. The minimum atomic E-state index is -0.481. The topological polar surface area (TPSA) is 116 Å². The molecule has 0 spiro atoms. The van der Waals surface area contributed by atoms with Gasteiger partial charge in [0.2, 0.25) is 5.91 Å². The second-order valence-electron chi connectivity index (χ2n) is 7.15. The van der Waals surface area contributed by atoms with Crippen LogP contribution in [-0.2, 0) is 11.3 Å². The van der Waals surface area contributed by atoms with Gasteiger partial charge in [0, 0.05) is 42.4 Å². The van der Waals surface area contributed by atoms with Crippen LogP contribution in [0.15, 0.2) is 59.4 Å². The van der Waals surface area contributed by atoms with Crippen molar-refractivity contribution in [3.63, 3.8) is 0 Å². The molecule has 1 heterocycles. The number of amides is 1. The van der Waals surface area contributed by atoms with Gasteiger partial charge in [-0.25, -0.2) is 4.68 Å². The Morgan fingerprint density at radius 1 is 1.16 bits per heavy atom. The van der Waals surface area contributed by atoms with Gasteiger partial charge in [0.25, 0.3) is 11.2 Å². The first-order valence-corrected chi connectivity index (χ1v) is 10.2. The van der Waals surface area contributed by atoms with Gasteiger partial charge in [-0.1, -0.05) is 0 Å². The molecular weight excluding hydrogens is 412 g/mol. The molecule has 9 heteroatoms. The van der Waals surface area contributed by atoms with E-state index >= 15 is 0 Å². The first-order chi connectivity index (χ1) is 15.4. The van der Waals surface area contributed by atoms with Gasteiger partial charge >= 0.3 is 0 Å². The van der Waals surface area contributed by atoms with Gasteiger partial charge in [-0.3, -0.25) is 19.7 Å². The van der Waals surface area contributed by atoms with Crippen molar-refractivity contribution >= 4 is 17.3 Å². The van der Waals surface area contributed by atoms with Crippen LogP contribution < -0.4 is 15.6 Å². The molecule has 1 N–H and O–H groups in total. The molecule has 0 fully saturated rings. The number of nitrogens with one attached hydrogen (secondary N) is 1. The van der Waals surface area contributed by atoms with Crippen LogP contribution in [0.25, 0.3) is 11.3 Å². The molecule has 0 bridgehead atoms. The molecule has 9 nitrogen and oxygen atoms in total. The maximum Gasteiger partial charge on any atom is 0.269 e. The van der Waals surface area contributed by atoms with Crippen LogP contribution in [0.5, 0.6) is 5.75 Å². The van der Waals surface area contributed by atoms with E-state index < -0.39 is 4.92 Å². The molecule has 166 valence electrons. The summed E-state index contributed by atoms with van der Waals surface area (Å²) >= 11 is 0. The molecule has 3 rings (SSSR count). The standard InChI is InChI=1S/C23H24N4O5/c1-3-32-19-9-6-17(7-10-19)21-12-13-23(29)26(25-21)14-4-5-22(28)24-20-11-8-18(27(30)31)15-16(20)2/h6-13,15H,3-5,14H2,1-2H3,(H,24,28). The van der Waals surface area contributed by atoms with Crippen molar-refractivity contribution in [2.75, 3.05) is 11.9 Å². The van der Waals surface area contributed by atoms with Crippen molar-refractivity contribution in [2.24, 2.45) is 0 Å². The number of carbonyl (C=O) groups excluding carboxylic acids is 1. The van der Waals surface area contributed by atoms with Gasteiger partial charge in [-0.15, -0.1) is 0 Å². The van der Waals surface area contributed by atoms with Gasteiger partial charge in [0.15, 0.2) is 0 Å². The lowest BCUT2D eigenvalue weighted by Crippen LogP contribution is -2.23. The van der Waals surface area contributed by atoms with Crippen molar-refractivity contribution in [3.8, 4) is 17.0 Å². The van der Waals surface area contributed by atoms with Crippen LogP contribution in [0, 0.1) is 17.0 Å². The number of carbonyl (C=O) groups is 1. The Morgan fingerprint density at radius 2 is 1.91 bits per heavy atom. The summed E-state index contributed by atoms with van der Waals surface area (Å²) in [6.07, 6.45) is 0.593. The average Bonchev–Trinajstić information content (AvgIpc) is 2.77. The summed E-state index contributed by atoms with van der Waals surface area (Å²) < 4.78 is 6.78. The maximum absolute atomic E-state index is 12.3. The Balaban J connectivity index is 1.59. The third-order valence-corrected chi connectivity index (χ3v) is 4.80. The number of rotatable bonds is 9. The molecule has 0 unspecified atom stereocenters. The van der Waals surface area contributed by atoms with Gasteiger partial charge in [-0.05, 0) is 62.2 Å². The number of nitrogens with zero attached hydrogens (tertiary/aromatic N) is 3. The fraction of sp³-hybridized carbons (Fsp3) is 0.261. The van der Waals surface area contributed by atoms with Crippen LogP contribution in [-0.4, -0.2) is 27.2 Å². The first-order valence-electron chi connectivity index (χ1n) is 10.2. The number of aromatic nitrogens is 2. The van der Waals surface area contributed by atoms with E-state index in [4.69, 9.17) is 4.74 Å². The molecule has 0 saturated heterocycles. The SMILES string of the molecule is CCOc1ccc(-c2ccc(=O)n(CCCC(=O)Nc3ccc([N+](=O)[O-])cc3C)n2)cc1. The summed E-state index contributed by atoms with van der Waals surface area (Å²) in [7, 11) is 0. The molecule has 0 aliphatic carbocycles. The van der Waals surface area contributed by atoms with Crippen LogP contribution in [0.1, 0.15) is 25.3 Å². The summed E-state index contributed by atoms with van der Waals surface area (Å²) in [6.45, 7) is 4.48.